The number of hydrogen-bond donors (Lipinski definition) is 1. The molecule has 3 aromatic rings. The Bertz CT molecular complexity index is 730. The lowest BCUT2D eigenvalue weighted by atomic mass is 10.2. The summed E-state index contributed by atoms with van der Waals surface area (Å²) in [5.74, 6) is -0.253. The first-order valence-electron chi connectivity index (χ1n) is 6.13. The maximum atomic E-state index is 13.0. The molecule has 0 aliphatic heterocycles. The summed E-state index contributed by atoms with van der Waals surface area (Å²) in [6.07, 6.45) is 1.78. The molecule has 0 amide bonds. The van der Waals surface area contributed by atoms with Crippen LogP contribution in [0.5, 0.6) is 0 Å². The van der Waals surface area contributed by atoms with Gasteiger partial charge in [0.05, 0.1) is 23.3 Å². The summed E-state index contributed by atoms with van der Waals surface area (Å²) in [5.41, 5.74) is 3.68. The van der Waals surface area contributed by atoms with Crippen LogP contribution in [0, 0.1) is 12.7 Å². The van der Waals surface area contributed by atoms with Crippen molar-refractivity contribution >= 4 is 16.5 Å². The molecule has 0 radical (unpaired) electrons. The fourth-order valence-corrected chi connectivity index (χ4v) is 2.69. The lowest BCUT2D eigenvalue weighted by molar-refractivity contribution is 0.627. The molecule has 2 aromatic heterocycles. The van der Waals surface area contributed by atoms with E-state index in [-0.39, 0.29) is 5.82 Å². The summed E-state index contributed by atoms with van der Waals surface area (Å²) >= 11 is 1.55. The van der Waals surface area contributed by atoms with Crippen LogP contribution in [0.3, 0.4) is 0 Å². The van der Waals surface area contributed by atoms with Crippen molar-refractivity contribution in [3.05, 3.63) is 47.4 Å². The van der Waals surface area contributed by atoms with Gasteiger partial charge in [-0.25, -0.2) is 14.1 Å². The van der Waals surface area contributed by atoms with E-state index in [2.05, 4.69) is 15.4 Å². The third-order valence-electron chi connectivity index (χ3n) is 3.07. The van der Waals surface area contributed by atoms with Crippen molar-refractivity contribution in [2.75, 3.05) is 12.4 Å². The van der Waals surface area contributed by atoms with Gasteiger partial charge in [-0.3, -0.25) is 0 Å². The van der Waals surface area contributed by atoms with Crippen LogP contribution in [0.4, 0.5) is 9.52 Å². The standard InChI is InChI=1S/C14H13FN4S/c1-9-12(13-8-20-14(16-2)18-13)7-17-19(9)11-5-3-10(15)4-6-11/h3-8H,1-2H3,(H,16,18). The number of thiazole rings is 1. The van der Waals surface area contributed by atoms with Crippen molar-refractivity contribution in [1.82, 2.24) is 14.8 Å². The Kier molecular flexibility index (Phi) is 3.23. The van der Waals surface area contributed by atoms with E-state index in [4.69, 9.17) is 0 Å². The molecule has 0 aliphatic rings. The number of benzene rings is 1. The first-order valence-corrected chi connectivity index (χ1v) is 7.01. The molecule has 3 rings (SSSR count). The van der Waals surface area contributed by atoms with Gasteiger partial charge in [0.15, 0.2) is 5.13 Å². The molecule has 0 bridgehead atoms. The SMILES string of the molecule is CNc1nc(-c2cnn(-c3ccc(F)cc3)c2C)cs1. The number of aromatic nitrogens is 3. The van der Waals surface area contributed by atoms with E-state index >= 15 is 0 Å². The average molecular weight is 288 g/mol. The van der Waals surface area contributed by atoms with Crippen LogP contribution in [0.1, 0.15) is 5.69 Å². The molecule has 1 aromatic carbocycles. The Morgan fingerprint density at radius 3 is 2.65 bits per heavy atom. The first kappa shape index (κ1) is 12.8. The zero-order chi connectivity index (χ0) is 14.1. The number of anilines is 1. The number of halogens is 1. The van der Waals surface area contributed by atoms with Crippen LogP contribution in [0.25, 0.3) is 16.9 Å². The molecule has 1 N–H and O–H groups in total. The second kappa shape index (κ2) is 5.05. The normalized spacial score (nSPS) is 10.8. The maximum absolute atomic E-state index is 13.0. The molecule has 0 aliphatic carbocycles. The molecular weight excluding hydrogens is 275 g/mol. The van der Waals surface area contributed by atoms with Gasteiger partial charge in [0.25, 0.3) is 0 Å². The number of rotatable bonds is 3. The Morgan fingerprint density at radius 2 is 2.00 bits per heavy atom. The van der Waals surface area contributed by atoms with Crippen LogP contribution in [0.15, 0.2) is 35.8 Å². The Balaban J connectivity index is 2.02. The van der Waals surface area contributed by atoms with Gasteiger partial charge >= 0.3 is 0 Å². The fourth-order valence-electron chi connectivity index (χ4n) is 2.02. The van der Waals surface area contributed by atoms with Crippen molar-refractivity contribution in [2.24, 2.45) is 0 Å². The summed E-state index contributed by atoms with van der Waals surface area (Å²) in [6, 6.07) is 6.27. The number of nitrogens with zero attached hydrogens (tertiary/aromatic N) is 3. The Morgan fingerprint density at radius 1 is 1.25 bits per heavy atom. The van der Waals surface area contributed by atoms with Crippen LogP contribution in [-0.4, -0.2) is 21.8 Å². The van der Waals surface area contributed by atoms with Crippen molar-refractivity contribution < 1.29 is 4.39 Å². The lowest BCUT2D eigenvalue weighted by Gasteiger charge is -2.04. The zero-order valence-electron chi connectivity index (χ0n) is 11.1. The molecule has 0 fully saturated rings. The zero-order valence-corrected chi connectivity index (χ0v) is 11.9. The number of nitrogens with one attached hydrogen (secondary N) is 1. The van der Waals surface area contributed by atoms with E-state index in [1.54, 1.807) is 34.3 Å². The van der Waals surface area contributed by atoms with Gasteiger partial charge in [-0.15, -0.1) is 11.3 Å². The second-order valence-electron chi connectivity index (χ2n) is 4.32. The number of hydrogen-bond acceptors (Lipinski definition) is 4. The lowest BCUT2D eigenvalue weighted by Crippen LogP contribution is -1.98. The van der Waals surface area contributed by atoms with Gasteiger partial charge in [0, 0.05) is 18.0 Å². The first-order chi connectivity index (χ1) is 9.69. The molecule has 0 atom stereocenters. The fraction of sp³-hybridized carbons (Fsp3) is 0.143. The van der Waals surface area contributed by atoms with Crippen LogP contribution in [-0.2, 0) is 0 Å². The van der Waals surface area contributed by atoms with E-state index in [9.17, 15) is 4.39 Å². The van der Waals surface area contributed by atoms with Gasteiger partial charge in [0.1, 0.15) is 5.82 Å². The van der Waals surface area contributed by atoms with E-state index in [1.807, 2.05) is 19.4 Å². The van der Waals surface area contributed by atoms with Gasteiger partial charge in [-0.1, -0.05) is 0 Å². The van der Waals surface area contributed by atoms with Crippen LogP contribution >= 0.6 is 11.3 Å². The maximum Gasteiger partial charge on any atom is 0.182 e. The largest absolute Gasteiger partial charge is 0.365 e. The van der Waals surface area contributed by atoms with Crippen LogP contribution < -0.4 is 5.32 Å². The third-order valence-corrected chi connectivity index (χ3v) is 3.93. The molecule has 4 nitrogen and oxygen atoms in total. The molecule has 0 saturated heterocycles. The smallest absolute Gasteiger partial charge is 0.182 e. The summed E-state index contributed by atoms with van der Waals surface area (Å²) in [7, 11) is 1.84. The molecule has 20 heavy (non-hydrogen) atoms. The Labute approximate surface area is 119 Å². The highest BCUT2D eigenvalue weighted by Crippen LogP contribution is 2.28. The minimum atomic E-state index is -0.253. The van der Waals surface area contributed by atoms with Crippen molar-refractivity contribution in [1.29, 1.82) is 0 Å². The third kappa shape index (κ3) is 2.18. The highest BCUT2D eigenvalue weighted by atomic mass is 32.1. The van der Waals surface area contributed by atoms with Crippen LogP contribution in [0.2, 0.25) is 0 Å². The van der Waals surface area contributed by atoms with E-state index < -0.39 is 0 Å². The molecule has 0 spiro atoms. The molecule has 2 heterocycles. The van der Waals surface area contributed by atoms with Crippen molar-refractivity contribution in [3.8, 4) is 16.9 Å². The molecule has 0 saturated carbocycles. The minimum Gasteiger partial charge on any atom is -0.365 e. The quantitative estimate of drug-likeness (QED) is 0.802. The van der Waals surface area contributed by atoms with Gasteiger partial charge < -0.3 is 5.32 Å². The monoisotopic (exact) mass is 288 g/mol. The highest BCUT2D eigenvalue weighted by Gasteiger charge is 2.12. The molecule has 0 unspecified atom stereocenters. The summed E-state index contributed by atoms with van der Waals surface area (Å²) in [5, 5.41) is 10.2. The van der Waals surface area contributed by atoms with E-state index in [1.165, 1.54) is 12.1 Å². The predicted octanol–water partition coefficient (Wildman–Crippen LogP) is 3.49. The minimum absolute atomic E-state index is 0.253. The van der Waals surface area contributed by atoms with Gasteiger partial charge in [-0.05, 0) is 31.2 Å². The molecular formula is C14H13FN4S. The van der Waals surface area contributed by atoms with Crippen molar-refractivity contribution in [2.45, 2.75) is 6.92 Å². The Hall–Kier alpha value is -2.21. The van der Waals surface area contributed by atoms with Gasteiger partial charge in [-0.2, -0.15) is 5.10 Å². The highest BCUT2D eigenvalue weighted by molar-refractivity contribution is 7.14. The van der Waals surface area contributed by atoms with Crippen molar-refractivity contribution in [3.63, 3.8) is 0 Å². The van der Waals surface area contributed by atoms with E-state index in [0.717, 1.165) is 27.8 Å². The molecule has 6 heteroatoms. The summed E-state index contributed by atoms with van der Waals surface area (Å²) in [6.45, 7) is 1.98. The van der Waals surface area contributed by atoms with E-state index in [0.29, 0.717) is 0 Å². The average Bonchev–Trinajstić information content (AvgIpc) is 3.06. The second-order valence-corrected chi connectivity index (χ2v) is 5.18. The predicted molar refractivity (Wildman–Crippen MR) is 78.9 cm³/mol. The van der Waals surface area contributed by atoms with Gasteiger partial charge in [0.2, 0.25) is 0 Å². The summed E-state index contributed by atoms with van der Waals surface area (Å²) in [4.78, 5) is 4.48. The topological polar surface area (TPSA) is 42.7 Å². The molecule has 102 valence electrons. The summed E-state index contributed by atoms with van der Waals surface area (Å²) < 4.78 is 14.8.